The predicted molar refractivity (Wildman–Crippen MR) is 77.5 cm³/mol. The smallest absolute Gasteiger partial charge is 0.335 e. The molecule has 2 rings (SSSR count). The zero-order valence-corrected chi connectivity index (χ0v) is 11.7. The van der Waals surface area contributed by atoms with E-state index in [1.165, 1.54) is 30.3 Å². The summed E-state index contributed by atoms with van der Waals surface area (Å²) in [6, 6.07) is 8.14. The van der Waals surface area contributed by atoms with Crippen LogP contribution in [0.15, 0.2) is 36.4 Å². The van der Waals surface area contributed by atoms with Crippen molar-refractivity contribution >= 4 is 29.2 Å². The van der Waals surface area contributed by atoms with E-state index < -0.39 is 17.7 Å². The predicted octanol–water partition coefficient (Wildman–Crippen LogP) is 3.74. The molecule has 108 valence electrons. The van der Waals surface area contributed by atoms with Crippen LogP contribution in [0.5, 0.6) is 0 Å². The highest BCUT2D eigenvalue weighted by Gasteiger charge is 2.14. The van der Waals surface area contributed by atoms with E-state index in [0.29, 0.717) is 5.56 Å². The van der Waals surface area contributed by atoms with Crippen molar-refractivity contribution in [1.82, 2.24) is 0 Å². The van der Waals surface area contributed by atoms with Gasteiger partial charge < -0.3 is 10.4 Å². The number of carbonyl (C=O) groups is 2. The Hall–Kier alpha value is -2.40. The van der Waals surface area contributed by atoms with Crippen LogP contribution in [0.3, 0.4) is 0 Å². The van der Waals surface area contributed by atoms with Crippen molar-refractivity contribution in [3.8, 4) is 0 Å². The molecule has 2 aromatic carbocycles. The van der Waals surface area contributed by atoms with Gasteiger partial charge in [0.15, 0.2) is 0 Å². The van der Waals surface area contributed by atoms with Crippen LogP contribution in [0, 0.1) is 12.7 Å². The quantitative estimate of drug-likeness (QED) is 0.907. The summed E-state index contributed by atoms with van der Waals surface area (Å²) in [6.07, 6.45) is 0. The van der Waals surface area contributed by atoms with Crippen molar-refractivity contribution in [2.75, 3.05) is 5.32 Å². The Balaban J connectivity index is 2.28. The van der Waals surface area contributed by atoms with Crippen LogP contribution >= 0.6 is 11.6 Å². The van der Waals surface area contributed by atoms with Gasteiger partial charge in [0.2, 0.25) is 0 Å². The summed E-state index contributed by atoms with van der Waals surface area (Å²) in [5, 5.41) is 11.5. The lowest BCUT2D eigenvalue weighted by Gasteiger charge is -2.08. The van der Waals surface area contributed by atoms with E-state index in [-0.39, 0.29) is 21.8 Å². The van der Waals surface area contributed by atoms with Crippen molar-refractivity contribution in [1.29, 1.82) is 0 Å². The number of anilines is 1. The molecule has 0 heterocycles. The fourth-order valence-corrected chi connectivity index (χ4v) is 2.05. The molecule has 6 heteroatoms. The summed E-state index contributed by atoms with van der Waals surface area (Å²) in [4.78, 5) is 22.9. The van der Waals surface area contributed by atoms with E-state index in [9.17, 15) is 14.0 Å². The first kappa shape index (κ1) is 15.0. The largest absolute Gasteiger partial charge is 0.478 e. The molecule has 0 bridgehead atoms. The van der Waals surface area contributed by atoms with Crippen molar-refractivity contribution in [3.05, 3.63) is 63.9 Å². The van der Waals surface area contributed by atoms with Crippen molar-refractivity contribution in [3.63, 3.8) is 0 Å². The van der Waals surface area contributed by atoms with Crippen LogP contribution in [0.4, 0.5) is 10.1 Å². The Morgan fingerprint density at radius 2 is 1.95 bits per heavy atom. The number of carboxylic acids is 1. The normalized spacial score (nSPS) is 10.2. The Morgan fingerprint density at radius 3 is 2.62 bits per heavy atom. The molecule has 21 heavy (non-hydrogen) atoms. The van der Waals surface area contributed by atoms with E-state index in [1.54, 1.807) is 6.92 Å². The SMILES string of the molecule is Cc1cc(Cl)c(C(=O)Nc2cccc(C(=O)O)c2)cc1F. The first-order chi connectivity index (χ1) is 9.88. The molecule has 1 amide bonds. The Bertz CT molecular complexity index is 731. The van der Waals surface area contributed by atoms with Gasteiger partial charge in [0, 0.05) is 5.69 Å². The fraction of sp³-hybridized carbons (Fsp3) is 0.0667. The molecule has 0 saturated carbocycles. The van der Waals surface area contributed by atoms with Gasteiger partial charge in [-0.1, -0.05) is 17.7 Å². The summed E-state index contributed by atoms with van der Waals surface area (Å²) in [6.45, 7) is 1.54. The molecule has 0 spiro atoms. The third-order valence-corrected chi connectivity index (χ3v) is 3.17. The Morgan fingerprint density at radius 1 is 1.24 bits per heavy atom. The van der Waals surface area contributed by atoms with Crippen LogP contribution in [0.2, 0.25) is 5.02 Å². The fourth-order valence-electron chi connectivity index (χ4n) is 1.75. The summed E-state index contributed by atoms with van der Waals surface area (Å²) < 4.78 is 13.5. The van der Waals surface area contributed by atoms with E-state index in [4.69, 9.17) is 16.7 Å². The number of amides is 1. The summed E-state index contributed by atoms with van der Waals surface area (Å²) in [5.41, 5.74) is 0.649. The van der Waals surface area contributed by atoms with Gasteiger partial charge in [-0.3, -0.25) is 4.79 Å². The number of aromatic carboxylic acids is 1. The average Bonchev–Trinajstić information content (AvgIpc) is 2.43. The van der Waals surface area contributed by atoms with E-state index in [1.807, 2.05) is 0 Å². The van der Waals surface area contributed by atoms with E-state index >= 15 is 0 Å². The van der Waals surface area contributed by atoms with Crippen LogP contribution in [-0.4, -0.2) is 17.0 Å². The topological polar surface area (TPSA) is 66.4 Å². The van der Waals surface area contributed by atoms with Gasteiger partial charge in [-0.25, -0.2) is 9.18 Å². The number of hydrogen-bond donors (Lipinski definition) is 2. The van der Waals surface area contributed by atoms with E-state index in [2.05, 4.69) is 5.32 Å². The molecule has 4 nitrogen and oxygen atoms in total. The summed E-state index contributed by atoms with van der Waals surface area (Å²) in [5.74, 6) is -2.25. The second kappa shape index (κ2) is 5.93. The molecule has 0 atom stereocenters. The van der Waals surface area contributed by atoms with Gasteiger partial charge in [-0.15, -0.1) is 0 Å². The van der Waals surface area contributed by atoms with Crippen LogP contribution in [0.1, 0.15) is 26.3 Å². The highest BCUT2D eigenvalue weighted by Crippen LogP contribution is 2.22. The van der Waals surface area contributed by atoms with E-state index in [0.717, 1.165) is 6.07 Å². The maximum Gasteiger partial charge on any atom is 0.335 e. The number of hydrogen-bond acceptors (Lipinski definition) is 2. The minimum atomic E-state index is -1.11. The third kappa shape index (κ3) is 3.38. The maximum atomic E-state index is 13.5. The molecule has 0 saturated heterocycles. The van der Waals surface area contributed by atoms with Crippen LogP contribution in [-0.2, 0) is 0 Å². The van der Waals surface area contributed by atoms with Crippen LogP contribution in [0.25, 0.3) is 0 Å². The number of nitrogens with one attached hydrogen (secondary N) is 1. The number of benzene rings is 2. The number of halogens is 2. The zero-order valence-electron chi connectivity index (χ0n) is 11.0. The van der Waals surface area contributed by atoms with Gasteiger partial charge >= 0.3 is 5.97 Å². The molecular weight excluding hydrogens is 297 g/mol. The Labute approximate surface area is 125 Å². The molecule has 0 aliphatic rings. The highest BCUT2D eigenvalue weighted by molar-refractivity contribution is 6.34. The summed E-state index contributed by atoms with van der Waals surface area (Å²) >= 11 is 5.92. The van der Waals surface area contributed by atoms with Crippen molar-refractivity contribution in [2.24, 2.45) is 0 Å². The van der Waals surface area contributed by atoms with Crippen LogP contribution < -0.4 is 5.32 Å². The lowest BCUT2D eigenvalue weighted by molar-refractivity contribution is 0.0696. The average molecular weight is 308 g/mol. The first-order valence-corrected chi connectivity index (χ1v) is 6.36. The van der Waals surface area contributed by atoms with Crippen molar-refractivity contribution < 1.29 is 19.1 Å². The Kier molecular flexibility index (Phi) is 4.23. The minimum Gasteiger partial charge on any atom is -0.478 e. The zero-order chi connectivity index (χ0) is 15.6. The monoisotopic (exact) mass is 307 g/mol. The minimum absolute atomic E-state index is 0.0134. The molecule has 2 aromatic rings. The highest BCUT2D eigenvalue weighted by atomic mass is 35.5. The molecule has 2 N–H and O–H groups in total. The summed E-state index contributed by atoms with van der Waals surface area (Å²) in [7, 11) is 0. The number of rotatable bonds is 3. The second-order valence-electron chi connectivity index (χ2n) is 4.42. The lowest BCUT2D eigenvalue weighted by Crippen LogP contribution is -2.13. The molecule has 0 aliphatic carbocycles. The maximum absolute atomic E-state index is 13.5. The molecule has 0 aliphatic heterocycles. The molecule has 0 radical (unpaired) electrons. The number of aryl methyl sites for hydroxylation is 1. The van der Waals surface area contributed by atoms with Gasteiger partial charge in [0.1, 0.15) is 5.82 Å². The second-order valence-corrected chi connectivity index (χ2v) is 4.83. The molecular formula is C15H11ClFNO3. The number of carboxylic acid groups (broad SMARTS) is 1. The lowest BCUT2D eigenvalue weighted by atomic mass is 10.1. The van der Waals surface area contributed by atoms with Gasteiger partial charge in [0.25, 0.3) is 5.91 Å². The third-order valence-electron chi connectivity index (χ3n) is 2.86. The number of carbonyl (C=O) groups excluding carboxylic acids is 1. The molecule has 0 fully saturated rings. The van der Waals surface area contributed by atoms with Gasteiger partial charge in [-0.2, -0.15) is 0 Å². The standard InChI is InChI=1S/C15H11ClFNO3/c1-8-5-12(16)11(7-13(8)17)14(19)18-10-4-2-3-9(6-10)15(20)21/h2-7H,1H3,(H,18,19)(H,20,21). The first-order valence-electron chi connectivity index (χ1n) is 5.99. The van der Waals surface area contributed by atoms with Gasteiger partial charge in [-0.05, 0) is 42.8 Å². The molecule has 0 unspecified atom stereocenters. The molecule has 0 aromatic heterocycles. The van der Waals surface area contributed by atoms with Crippen molar-refractivity contribution in [2.45, 2.75) is 6.92 Å². The van der Waals surface area contributed by atoms with Gasteiger partial charge in [0.05, 0.1) is 16.1 Å².